The molecule has 1 amide bonds. The van der Waals surface area contributed by atoms with Crippen molar-refractivity contribution in [1.29, 1.82) is 0 Å². The molecule has 1 aliphatic heterocycles. The highest BCUT2D eigenvalue weighted by Gasteiger charge is 2.53. The molecule has 1 saturated carbocycles. The van der Waals surface area contributed by atoms with Crippen molar-refractivity contribution in [3.05, 3.63) is 36.5 Å². The molecule has 2 aliphatic rings. The van der Waals surface area contributed by atoms with Crippen molar-refractivity contribution >= 4 is 11.7 Å². The lowest BCUT2D eigenvalue weighted by Crippen LogP contribution is -2.63. The molecule has 2 heterocycles. The van der Waals surface area contributed by atoms with Crippen molar-refractivity contribution in [1.82, 2.24) is 15.2 Å². The Morgan fingerprint density at radius 1 is 1.23 bits per heavy atom. The number of piperazine rings is 1. The van der Waals surface area contributed by atoms with E-state index >= 15 is 0 Å². The molecule has 26 heavy (non-hydrogen) atoms. The van der Waals surface area contributed by atoms with E-state index < -0.39 is 0 Å². The van der Waals surface area contributed by atoms with Crippen molar-refractivity contribution in [2.45, 2.75) is 40.2 Å². The Bertz CT molecular complexity index is 643. The summed E-state index contributed by atoms with van der Waals surface area (Å²) >= 11 is 0. The Labute approximate surface area is 157 Å². The van der Waals surface area contributed by atoms with Gasteiger partial charge in [0.15, 0.2) is 0 Å². The van der Waals surface area contributed by atoms with Gasteiger partial charge in [0.1, 0.15) is 5.82 Å². The van der Waals surface area contributed by atoms with Crippen molar-refractivity contribution in [2.75, 3.05) is 37.6 Å². The first-order valence-electron chi connectivity index (χ1n) is 9.58. The maximum absolute atomic E-state index is 12.6. The van der Waals surface area contributed by atoms with Crippen molar-refractivity contribution in [2.24, 2.45) is 10.8 Å². The van der Waals surface area contributed by atoms with Crippen molar-refractivity contribution < 1.29 is 4.79 Å². The average Bonchev–Trinajstić information content (AvgIpc) is 2.59. The molecule has 1 aliphatic carbocycles. The van der Waals surface area contributed by atoms with Crippen LogP contribution in [0.25, 0.3) is 0 Å². The molecule has 0 spiro atoms. The molecular formula is C21H32N4O. The molecule has 1 saturated heterocycles. The standard InChI is InChI=1S/C21H32N4O/c1-6-9-24-10-12-25(13-11-24)17-8-7-16(14-22-17)18(26)23-19-20(2,3)15-21(19,4)5/h6-8,14,19H,1,9-13,15H2,2-5H3,(H,23,26). The highest BCUT2D eigenvalue weighted by Crippen LogP contribution is 2.53. The minimum absolute atomic E-state index is 0.0225. The van der Waals surface area contributed by atoms with Gasteiger partial charge < -0.3 is 10.2 Å². The molecule has 1 N–H and O–H groups in total. The number of nitrogens with one attached hydrogen (secondary N) is 1. The quantitative estimate of drug-likeness (QED) is 0.824. The smallest absolute Gasteiger partial charge is 0.253 e. The van der Waals surface area contributed by atoms with Crippen LogP contribution in [-0.2, 0) is 0 Å². The Morgan fingerprint density at radius 2 is 1.88 bits per heavy atom. The molecule has 0 bridgehead atoms. The first-order chi connectivity index (χ1) is 12.2. The number of amides is 1. The fourth-order valence-corrected chi connectivity index (χ4v) is 4.96. The SMILES string of the molecule is C=CCN1CCN(c2ccc(C(=O)NC3C(C)(C)CC3(C)C)cn2)CC1. The monoisotopic (exact) mass is 356 g/mol. The zero-order valence-electron chi connectivity index (χ0n) is 16.6. The van der Waals surface area contributed by atoms with Gasteiger partial charge in [-0.3, -0.25) is 9.69 Å². The van der Waals surface area contributed by atoms with E-state index in [1.54, 1.807) is 6.20 Å². The van der Waals surface area contributed by atoms with Crippen molar-refractivity contribution in [3.8, 4) is 0 Å². The van der Waals surface area contributed by atoms with E-state index in [1.165, 1.54) is 0 Å². The van der Waals surface area contributed by atoms with E-state index in [4.69, 9.17) is 0 Å². The van der Waals surface area contributed by atoms with E-state index in [9.17, 15) is 4.79 Å². The van der Waals surface area contributed by atoms with Gasteiger partial charge in [0.25, 0.3) is 5.91 Å². The third kappa shape index (κ3) is 3.78. The van der Waals surface area contributed by atoms with Crippen LogP contribution in [0.3, 0.4) is 0 Å². The fraction of sp³-hybridized carbons (Fsp3) is 0.619. The van der Waals surface area contributed by atoms with Crippen LogP contribution in [0, 0.1) is 10.8 Å². The van der Waals surface area contributed by atoms with Gasteiger partial charge in [-0.05, 0) is 29.4 Å². The van der Waals surface area contributed by atoms with E-state index in [0.29, 0.717) is 5.56 Å². The summed E-state index contributed by atoms with van der Waals surface area (Å²) in [4.78, 5) is 21.8. The highest BCUT2D eigenvalue weighted by atomic mass is 16.1. The second kappa shape index (κ2) is 7.03. The van der Waals surface area contributed by atoms with Crippen LogP contribution >= 0.6 is 0 Å². The number of aromatic nitrogens is 1. The van der Waals surface area contributed by atoms with Gasteiger partial charge in [0, 0.05) is 45.0 Å². The molecule has 2 fully saturated rings. The van der Waals surface area contributed by atoms with Crippen LogP contribution in [0.15, 0.2) is 31.0 Å². The zero-order chi connectivity index (χ0) is 18.9. The molecule has 0 radical (unpaired) electrons. The molecule has 5 nitrogen and oxygen atoms in total. The summed E-state index contributed by atoms with van der Waals surface area (Å²) in [6, 6.07) is 4.06. The van der Waals surface area contributed by atoms with E-state index in [2.05, 4.69) is 54.4 Å². The van der Waals surface area contributed by atoms with E-state index in [-0.39, 0.29) is 22.8 Å². The lowest BCUT2D eigenvalue weighted by Gasteiger charge is -2.57. The minimum Gasteiger partial charge on any atom is -0.354 e. The van der Waals surface area contributed by atoms with Crippen LogP contribution in [0.5, 0.6) is 0 Å². The lowest BCUT2D eigenvalue weighted by molar-refractivity contribution is -0.0366. The second-order valence-corrected chi connectivity index (χ2v) is 9.04. The van der Waals surface area contributed by atoms with Gasteiger partial charge in [-0.25, -0.2) is 4.98 Å². The van der Waals surface area contributed by atoms with Crippen molar-refractivity contribution in [3.63, 3.8) is 0 Å². The largest absolute Gasteiger partial charge is 0.354 e. The first kappa shape index (κ1) is 18.9. The Hall–Kier alpha value is -1.88. The summed E-state index contributed by atoms with van der Waals surface area (Å²) in [5, 5.41) is 3.22. The van der Waals surface area contributed by atoms with Gasteiger partial charge in [-0.15, -0.1) is 6.58 Å². The predicted octanol–water partition coefficient (Wildman–Crippen LogP) is 2.94. The molecule has 1 aromatic rings. The number of rotatable bonds is 5. The minimum atomic E-state index is -0.0225. The van der Waals surface area contributed by atoms with Crippen LogP contribution < -0.4 is 10.2 Å². The van der Waals surface area contributed by atoms with Gasteiger partial charge in [0.2, 0.25) is 0 Å². The molecule has 3 rings (SSSR count). The molecule has 0 aromatic carbocycles. The number of hydrogen-bond donors (Lipinski definition) is 1. The van der Waals surface area contributed by atoms with Gasteiger partial charge in [-0.1, -0.05) is 33.8 Å². The summed E-state index contributed by atoms with van der Waals surface area (Å²) in [5.74, 6) is 0.926. The Morgan fingerprint density at radius 3 is 2.38 bits per heavy atom. The summed E-state index contributed by atoms with van der Waals surface area (Å²) in [6.07, 6.45) is 4.78. The predicted molar refractivity (Wildman–Crippen MR) is 107 cm³/mol. The topological polar surface area (TPSA) is 48.5 Å². The van der Waals surface area contributed by atoms with E-state index in [0.717, 1.165) is 45.0 Å². The third-order valence-electron chi connectivity index (χ3n) is 5.84. The molecule has 142 valence electrons. The maximum Gasteiger partial charge on any atom is 0.253 e. The molecule has 1 aromatic heterocycles. The van der Waals surface area contributed by atoms with Gasteiger partial charge in [-0.2, -0.15) is 0 Å². The van der Waals surface area contributed by atoms with E-state index in [1.807, 2.05) is 18.2 Å². The zero-order valence-corrected chi connectivity index (χ0v) is 16.6. The third-order valence-corrected chi connectivity index (χ3v) is 5.84. The number of anilines is 1. The number of carbonyl (C=O) groups is 1. The lowest BCUT2D eigenvalue weighted by atomic mass is 9.52. The number of carbonyl (C=O) groups excluding carboxylic acids is 1. The molecule has 0 atom stereocenters. The summed E-state index contributed by atoms with van der Waals surface area (Å²) in [7, 11) is 0. The van der Waals surface area contributed by atoms with Crippen LogP contribution in [0.4, 0.5) is 5.82 Å². The number of nitrogens with zero attached hydrogens (tertiary/aromatic N) is 3. The second-order valence-electron chi connectivity index (χ2n) is 9.04. The fourth-order valence-electron chi connectivity index (χ4n) is 4.96. The number of pyridine rings is 1. The highest BCUT2D eigenvalue weighted by molar-refractivity contribution is 5.94. The maximum atomic E-state index is 12.6. The van der Waals surface area contributed by atoms with Crippen LogP contribution in [-0.4, -0.2) is 54.6 Å². The normalized spacial score (nSPS) is 22.5. The molecule has 0 unspecified atom stereocenters. The molecular weight excluding hydrogens is 324 g/mol. The summed E-state index contributed by atoms with van der Waals surface area (Å²) in [6.45, 7) is 17.6. The number of hydrogen-bond acceptors (Lipinski definition) is 4. The molecule has 5 heteroatoms. The van der Waals surface area contributed by atoms with Crippen LogP contribution in [0.2, 0.25) is 0 Å². The average molecular weight is 357 g/mol. The Kier molecular flexibility index (Phi) is 5.11. The summed E-state index contributed by atoms with van der Waals surface area (Å²) in [5.41, 5.74) is 0.937. The van der Waals surface area contributed by atoms with Crippen LogP contribution in [0.1, 0.15) is 44.5 Å². The summed E-state index contributed by atoms with van der Waals surface area (Å²) < 4.78 is 0. The van der Waals surface area contributed by atoms with Gasteiger partial charge in [0.05, 0.1) is 5.56 Å². The Balaban J connectivity index is 1.59. The van der Waals surface area contributed by atoms with Gasteiger partial charge >= 0.3 is 0 Å². The first-order valence-corrected chi connectivity index (χ1v) is 9.58.